The monoisotopic (exact) mass is 378 g/mol. The van der Waals surface area contributed by atoms with Crippen molar-refractivity contribution in [1.29, 1.82) is 0 Å². The number of carbonyl (C=O) groups excluding carboxylic acids is 2. The fraction of sp³-hybridized carbons (Fsp3) is 0.190. The van der Waals surface area contributed by atoms with Crippen molar-refractivity contribution in [3.63, 3.8) is 0 Å². The predicted molar refractivity (Wildman–Crippen MR) is 107 cm³/mol. The number of amides is 2. The molecule has 0 bridgehead atoms. The van der Waals surface area contributed by atoms with E-state index in [0.29, 0.717) is 22.6 Å². The van der Waals surface area contributed by atoms with Crippen LogP contribution in [0.5, 0.6) is 5.75 Å². The molecule has 0 saturated carbocycles. The predicted octanol–water partition coefficient (Wildman–Crippen LogP) is 3.11. The number of carbonyl (C=O) groups is 2. The Hall–Kier alpha value is -3.61. The third-order valence-electron chi connectivity index (χ3n) is 4.32. The molecule has 3 rings (SSSR count). The molecule has 144 valence electrons. The number of rotatable bonds is 5. The second-order valence-electron chi connectivity index (χ2n) is 6.33. The normalized spacial score (nSPS) is 10.4. The molecular weight excluding hydrogens is 356 g/mol. The minimum absolute atomic E-state index is 0.243. The Kier molecular flexibility index (Phi) is 5.44. The van der Waals surface area contributed by atoms with Gasteiger partial charge in [-0.15, -0.1) is 0 Å². The molecular formula is C21H22N4O3. The first-order valence-electron chi connectivity index (χ1n) is 8.78. The zero-order chi connectivity index (χ0) is 20.3. The number of aryl methyl sites for hydroxylation is 2. The van der Waals surface area contributed by atoms with Crippen molar-refractivity contribution in [1.82, 2.24) is 15.1 Å². The Morgan fingerprint density at radius 1 is 0.964 bits per heavy atom. The number of anilines is 1. The van der Waals surface area contributed by atoms with Crippen LogP contribution in [0.15, 0.2) is 48.5 Å². The standard InChI is InChI=1S/C21H22N4O3/c1-13-11-14(2)25(24-13)17-8-5-15(6-9-17)21(27)23-18-12-16(20(26)22-3)7-10-19(18)28-4/h5-12H,1-4H3,(H,22,26)(H,23,27). The summed E-state index contributed by atoms with van der Waals surface area (Å²) >= 11 is 0. The Morgan fingerprint density at radius 3 is 2.21 bits per heavy atom. The SMILES string of the molecule is CNC(=O)c1ccc(OC)c(NC(=O)c2ccc(-n3nc(C)cc3C)cc2)c1. The van der Waals surface area contributed by atoms with Crippen LogP contribution < -0.4 is 15.4 Å². The van der Waals surface area contributed by atoms with Crippen LogP contribution in [0.4, 0.5) is 5.69 Å². The van der Waals surface area contributed by atoms with Gasteiger partial charge in [-0.3, -0.25) is 9.59 Å². The minimum atomic E-state index is -0.299. The molecule has 7 nitrogen and oxygen atoms in total. The van der Waals surface area contributed by atoms with Crippen molar-refractivity contribution < 1.29 is 14.3 Å². The zero-order valence-corrected chi connectivity index (χ0v) is 16.2. The van der Waals surface area contributed by atoms with Crippen molar-refractivity contribution in [3.8, 4) is 11.4 Å². The molecule has 0 aliphatic carbocycles. The quantitative estimate of drug-likeness (QED) is 0.714. The number of nitrogens with zero attached hydrogens (tertiary/aromatic N) is 2. The Labute approximate surface area is 163 Å². The van der Waals surface area contributed by atoms with Crippen LogP contribution >= 0.6 is 0 Å². The maximum atomic E-state index is 12.7. The number of benzene rings is 2. The van der Waals surface area contributed by atoms with Gasteiger partial charge in [-0.05, 0) is 62.4 Å². The van der Waals surface area contributed by atoms with Crippen LogP contribution in [0.25, 0.3) is 5.69 Å². The topological polar surface area (TPSA) is 85.3 Å². The van der Waals surface area contributed by atoms with Crippen molar-refractivity contribution in [3.05, 3.63) is 71.0 Å². The summed E-state index contributed by atoms with van der Waals surface area (Å²) in [7, 11) is 3.06. The van der Waals surface area contributed by atoms with E-state index in [9.17, 15) is 9.59 Å². The van der Waals surface area contributed by atoms with E-state index in [1.165, 1.54) is 7.11 Å². The molecule has 28 heavy (non-hydrogen) atoms. The van der Waals surface area contributed by atoms with Crippen molar-refractivity contribution in [2.24, 2.45) is 0 Å². The highest BCUT2D eigenvalue weighted by molar-refractivity contribution is 6.06. The number of aromatic nitrogens is 2. The molecule has 2 N–H and O–H groups in total. The molecule has 0 aliphatic heterocycles. The van der Waals surface area contributed by atoms with Crippen molar-refractivity contribution in [2.45, 2.75) is 13.8 Å². The van der Waals surface area contributed by atoms with Gasteiger partial charge in [0, 0.05) is 23.9 Å². The van der Waals surface area contributed by atoms with Gasteiger partial charge >= 0.3 is 0 Å². The fourth-order valence-corrected chi connectivity index (χ4v) is 2.93. The Balaban J connectivity index is 1.83. The maximum absolute atomic E-state index is 12.7. The number of nitrogens with one attached hydrogen (secondary N) is 2. The number of hydrogen-bond acceptors (Lipinski definition) is 4. The molecule has 0 fully saturated rings. The van der Waals surface area contributed by atoms with Gasteiger partial charge in [0.25, 0.3) is 11.8 Å². The first-order valence-corrected chi connectivity index (χ1v) is 8.78. The third-order valence-corrected chi connectivity index (χ3v) is 4.32. The van der Waals surface area contributed by atoms with E-state index in [2.05, 4.69) is 15.7 Å². The molecule has 0 saturated heterocycles. The van der Waals surface area contributed by atoms with Gasteiger partial charge in [-0.1, -0.05) is 0 Å². The van der Waals surface area contributed by atoms with Gasteiger partial charge in [0.15, 0.2) is 0 Å². The van der Waals surface area contributed by atoms with Crippen LogP contribution in [0.1, 0.15) is 32.1 Å². The largest absolute Gasteiger partial charge is 0.495 e. The lowest BCUT2D eigenvalue weighted by Gasteiger charge is -2.12. The summed E-state index contributed by atoms with van der Waals surface area (Å²) < 4.78 is 7.11. The molecule has 1 aromatic heterocycles. The second kappa shape index (κ2) is 7.96. The van der Waals surface area contributed by atoms with E-state index in [0.717, 1.165) is 17.1 Å². The summed E-state index contributed by atoms with van der Waals surface area (Å²) in [6.07, 6.45) is 0. The van der Waals surface area contributed by atoms with Crippen LogP contribution in [0.2, 0.25) is 0 Å². The molecule has 3 aromatic rings. The van der Waals surface area contributed by atoms with Crippen LogP contribution in [0.3, 0.4) is 0 Å². The first kappa shape index (κ1) is 19.2. The Bertz CT molecular complexity index is 1020. The molecule has 2 amide bonds. The van der Waals surface area contributed by atoms with E-state index in [1.54, 1.807) is 37.4 Å². The lowest BCUT2D eigenvalue weighted by atomic mass is 10.1. The van der Waals surface area contributed by atoms with E-state index >= 15 is 0 Å². The van der Waals surface area contributed by atoms with E-state index in [1.807, 2.05) is 36.7 Å². The summed E-state index contributed by atoms with van der Waals surface area (Å²) in [6.45, 7) is 3.91. The third kappa shape index (κ3) is 3.88. The van der Waals surface area contributed by atoms with Gasteiger partial charge in [-0.2, -0.15) is 5.10 Å². The summed E-state index contributed by atoms with van der Waals surface area (Å²) in [6, 6.07) is 14.0. The van der Waals surface area contributed by atoms with Crippen LogP contribution in [-0.4, -0.2) is 35.8 Å². The molecule has 0 atom stereocenters. The Morgan fingerprint density at radius 2 is 1.64 bits per heavy atom. The van der Waals surface area contributed by atoms with E-state index in [4.69, 9.17) is 4.74 Å². The number of hydrogen-bond donors (Lipinski definition) is 2. The summed E-state index contributed by atoms with van der Waals surface area (Å²) in [5.41, 5.74) is 4.17. The molecule has 2 aromatic carbocycles. The minimum Gasteiger partial charge on any atom is -0.495 e. The smallest absolute Gasteiger partial charge is 0.255 e. The van der Waals surface area contributed by atoms with Crippen molar-refractivity contribution in [2.75, 3.05) is 19.5 Å². The highest BCUT2D eigenvalue weighted by Crippen LogP contribution is 2.26. The molecule has 1 heterocycles. The molecule has 0 spiro atoms. The highest BCUT2D eigenvalue weighted by atomic mass is 16.5. The lowest BCUT2D eigenvalue weighted by molar-refractivity contribution is 0.0961. The summed E-state index contributed by atoms with van der Waals surface area (Å²) in [4.78, 5) is 24.5. The van der Waals surface area contributed by atoms with Gasteiger partial charge in [0.1, 0.15) is 5.75 Å². The van der Waals surface area contributed by atoms with Gasteiger partial charge in [-0.25, -0.2) is 4.68 Å². The zero-order valence-electron chi connectivity index (χ0n) is 16.2. The van der Waals surface area contributed by atoms with E-state index in [-0.39, 0.29) is 11.8 Å². The maximum Gasteiger partial charge on any atom is 0.255 e. The average molecular weight is 378 g/mol. The highest BCUT2D eigenvalue weighted by Gasteiger charge is 2.13. The lowest BCUT2D eigenvalue weighted by Crippen LogP contribution is -2.19. The molecule has 7 heteroatoms. The second-order valence-corrected chi connectivity index (χ2v) is 6.33. The fourth-order valence-electron chi connectivity index (χ4n) is 2.93. The van der Waals surface area contributed by atoms with Crippen LogP contribution in [0, 0.1) is 13.8 Å². The van der Waals surface area contributed by atoms with Gasteiger partial charge in [0.2, 0.25) is 0 Å². The summed E-state index contributed by atoms with van der Waals surface area (Å²) in [5, 5.41) is 9.81. The van der Waals surface area contributed by atoms with Crippen LogP contribution in [-0.2, 0) is 0 Å². The first-order chi connectivity index (χ1) is 13.4. The van der Waals surface area contributed by atoms with Gasteiger partial charge < -0.3 is 15.4 Å². The van der Waals surface area contributed by atoms with Gasteiger partial charge in [0.05, 0.1) is 24.2 Å². The van der Waals surface area contributed by atoms with E-state index < -0.39 is 0 Å². The number of ether oxygens (including phenoxy) is 1. The molecule has 0 radical (unpaired) electrons. The average Bonchev–Trinajstić information content (AvgIpc) is 3.05. The molecule has 0 aliphatic rings. The van der Waals surface area contributed by atoms with Crippen molar-refractivity contribution >= 4 is 17.5 Å². The molecule has 0 unspecified atom stereocenters. The number of methoxy groups -OCH3 is 1. The summed E-state index contributed by atoms with van der Waals surface area (Å²) in [5.74, 6) is -0.0695.